The monoisotopic (exact) mass is 313 g/mol. The van der Waals surface area contributed by atoms with Crippen LogP contribution in [0.15, 0.2) is 23.1 Å². The van der Waals surface area contributed by atoms with Gasteiger partial charge in [0.25, 0.3) is 11.5 Å². The number of amides is 1. The summed E-state index contributed by atoms with van der Waals surface area (Å²) in [5, 5.41) is 6.58. The van der Waals surface area contributed by atoms with Gasteiger partial charge in [0.05, 0.1) is 0 Å². The van der Waals surface area contributed by atoms with Gasteiger partial charge in [0.15, 0.2) is 0 Å². The molecule has 0 spiro atoms. The third kappa shape index (κ3) is 2.56. The van der Waals surface area contributed by atoms with Crippen LogP contribution in [0.5, 0.6) is 0 Å². The number of aryl methyl sites for hydroxylation is 1. The van der Waals surface area contributed by atoms with Gasteiger partial charge in [-0.05, 0) is 25.3 Å². The first kappa shape index (κ1) is 14.2. The zero-order chi connectivity index (χ0) is 15.8. The molecule has 0 unspecified atom stereocenters. The van der Waals surface area contributed by atoms with Crippen LogP contribution in [0.4, 0.5) is 0 Å². The summed E-state index contributed by atoms with van der Waals surface area (Å²) in [6.45, 7) is 2.31. The van der Waals surface area contributed by atoms with Gasteiger partial charge in [-0.1, -0.05) is 0 Å². The van der Waals surface area contributed by atoms with E-state index < -0.39 is 0 Å². The molecule has 2 aliphatic rings. The summed E-state index contributed by atoms with van der Waals surface area (Å²) in [7, 11) is 0. The predicted octanol–water partition coefficient (Wildman–Crippen LogP) is 0.932. The molecule has 2 aliphatic heterocycles. The first-order valence-corrected chi connectivity index (χ1v) is 8.11. The minimum absolute atomic E-state index is 0.0229. The van der Waals surface area contributed by atoms with Crippen LogP contribution in [0.3, 0.4) is 0 Å². The van der Waals surface area contributed by atoms with Gasteiger partial charge in [0, 0.05) is 49.9 Å². The summed E-state index contributed by atoms with van der Waals surface area (Å²) in [5.74, 6) is 1.07. The van der Waals surface area contributed by atoms with Crippen molar-refractivity contribution < 1.29 is 4.79 Å². The third-order valence-corrected chi connectivity index (χ3v) is 4.77. The van der Waals surface area contributed by atoms with Crippen molar-refractivity contribution in [2.75, 3.05) is 13.1 Å². The van der Waals surface area contributed by atoms with Crippen LogP contribution in [-0.2, 0) is 13.0 Å². The zero-order valence-electron chi connectivity index (χ0n) is 12.9. The molecule has 7 nitrogen and oxygen atoms in total. The van der Waals surface area contributed by atoms with Crippen molar-refractivity contribution in [2.45, 2.75) is 38.1 Å². The highest BCUT2D eigenvalue weighted by molar-refractivity contribution is 5.92. The van der Waals surface area contributed by atoms with Gasteiger partial charge in [0.2, 0.25) is 0 Å². The van der Waals surface area contributed by atoms with E-state index in [1.165, 1.54) is 0 Å². The van der Waals surface area contributed by atoms with E-state index >= 15 is 0 Å². The van der Waals surface area contributed by atoms with Crippen molar-refractivity contribution in [3.8, 4) is 0 Å². The lowest BCUT2D eigenvalue weighted by Gasteiger charge is -2.33. The Hall–Kier alpha value is -2.44. The lowest BCUT2D eigenvalue weighted by Crippen LogP contribution is -2.40. The number of likely N-dealkylation sites (tertiary alicyclic amines) is 1. The Bertz CT molecular complexity index is 780. The average molecular weight is 313 g/mol. The average Bonchev–Trinajstić information content (AvgIpc) is 3.24. The van der Waals surface area contributed by atoms with Crippen molar-refractivity contribution in [1.29, 1.82) is 0 Å². The second-order valence-electron chi connectivity index (χ2n) is 6.25. The van der Waals surface area contributed by atoms with Gasteiger partial charge >= 0.3 is 0 Å². The molecule has 2 aromatic rings. The maximum Gasteiger partial charge on any atom is 0.273 e. The molecular weight excluding hydrogens is 294 g/mol. The van der Waals surface area contributed by atoms with Crippen LogP contribution in [-0.4, -0.2) is 43.6 Å². The smallest absolute Gasteiger partial charge is 0.273 e. The van der Waals surface area contributed by atoms with Gasteiger partial charge in [-0.3, -0.25) is 14.7 Å². The number of piperidine rings is 1. The van der Waals surface area contributed by atoms with Crippen LogP contribution >= 0.6 is 0 Å². The minimum atomic E-state index is -0.162. The molecule has 4 rings (SSSR count). The lowest BCUT2D eigenvalue weighted by atomic mass is 9.94. The number of nitrogens with zero attached hydrogens (tertiary/aromatic N) is 4. The summed E-state index contributed by atoms with van der Waals surface area (Å²) >= 11 is 0. The second kappa shape index (κ2) is 5.64. The quantitative estimate of drug-likeness (QED) is 0.894. The number of fused-ring (bicyclic) bond motifs is 1. The maximum absolute atomic E-state index is 12.5. The Kier molecular flexibility index (Phi) is 3.48. The van der Waals surface area contributed by atoms with Crippen LogP contribution in [0.2, 0.25) is 0 Å². The van der Waals surface area contributed by atoms with E-state index in [0.29, 0.717) is 12.2 Å². The van der Waals surface area contributed by atoms with Gasteiger partial charge in [-0.2, -0.15) is 10.1 Å². The summed E-state index contributed by atoms with van der Waals surface area (Å²) in [6.07, 6.45) is 5.43. The number of hydrogen-bond donors (Lipinski definition) is 1. The SMILES string of the molecule is O=C(c1ccn[nH]1)N1CCC[C@H](c2cc(=O)nc3n2CCC3)C1. The number of hydrogen-bond acceptors (Lipinski definition) is 4. The van der Waals surface area contributed by atoms with E-state index in [1.807, 2.05) is 4.90 Å². The maximum atomic E-state index is 12.5. The van der Waals surface area contributed by atoms with Crippen molar-refractivity contribution >= 4 is 5.91 Å². The minimum Gasteiger partial charge on any atom is -0.337 e. The molecule has 1 amide bonds. The van der Waals surface area contributed by atoms with Crippen molar-refractivity contribution in [3.05, 3.63) is 45.9 Å². The molecule has 0 saturated carbocycles. The van der Waals surface area contributed by atoms with Crippen molar-refractivity contribution in [3.63, 3.8) is 0 Å². The largest absolute Gasteiger partial charge is 0.337 e. The van der Waals surface area contributed by atoms with E-state index in [2.05, 4.69) is 19.7 Å². The Morgan fingerprint density at radius 2 is 2.22 bits per heavy atom. The molecule has 0 radical (unpaired) electrons. The fraction of sp³-hybridized carbons (Fsp3) is 0.500. The number of H-pyrrole nitrogens is 1. The molecule has 23 heavy (non-hydrogen) atoms. The highest BCUT2D eigenvalue weighted by atomic mass is 16.2. The van der Waals surface area contributed by atoms with Crippen LogP contribution < -0.4 is 5.56 Å². The molecule has 1 fully saturated rings. The van der Waals surface area contributed by atoms with Gasteiger partial charge < -0.3 is 9.47 Å². The zero-order valence-corrected chi connectivity index (χ0v) is 12.9. The number of nitrogens with one attached hydrogen (secondary N) is 1. The van der Waals surface area contributed by atoms with Gasteiger partial charge in [0.1, 0.15) is 11.5 Å². The molecule has 7 heteroatoms. The number of carbonyl (C=O) groups is 1. The Morgan fingerprint density at radius 1 is 1.30 bits per heavy atom. The topological polar surface area (TPSA) is 83.9 Å². The van der Waals surface area contributed by atoms with Gasteiger partial charge in [-0.15, -0.1) is 0 Å². The molecule has 4 heterocycles. The number of aromatic nitrogens is 4. The molecule has 0 bridgehead atoms. The molecule has 120 valence electrons. The fourth-order valence-corrected chi connectivity index (χ4v) is 3.70. The number of aromatic amines is 1. The van der Waals surface area contributed by atoms with Crippen molar-refractivity contribution in [2.24, 2.45) is 0 Å². The summed E-state index contributed by atoms with van der Waals surface area (Å²) in [4.78, 5) is 30.4. The Morgan fingerprint density at radius 3 is 3.04 bits per heavy atom. The van der Waals surface area contributed by atoms with Crippen molar-refractivity contribution in [1.82, 2.24) is 24.6 Å². The van der Waals surface area contributed by atoms with E-state index in [9.17, 15) is 9.59 Å². The first-order chi connectivity index (χ1) is 11.2. The van der Waals surface area contributed by atoms with Crippen LogP contribution in [0.1, 0.15) is 47.2 Å². The van der Waals surface area contributed by atoms with Gasteiger partial charge in [-0.25, -0.2) is 0 Å². The normalized spacial score (nSPS) is 20.5. The van der Waals surface area contributed by atoms with E-state index in [0.717, 1.165) is 50.3 Å². The molecule has 1 saturated heterocycles. The fourth-order valence-electron chi connectivity index (χ4n) is 3.70. The highest BCUT2D eigenvalue weighted by Crippen LogP contribution is 2.29. The van der Waals surface area contributed by atoms with Crippen LogP contribution in [0.25, 0.3) is 0 Å². The second-order valence-corrected chi connectivity index (χ2v) is 6.25. The molecule has 1 atom stereocenters. The first-order valence-electron chi connectivity index (χ1n) is 8.11. The van der Waals surface area contributed by atoms with E-state index in [4.69, 9.17) is 0 Å². The molecule has 1 N–H and O–H groups in total. The molecular formula is C16H19N5O2. The standard InChI is InChI=1S/C16H19N5O2/c22-15-9-13(21-8-2-4-14(21)18-15)11-3-1-7-20(10-11)16(23)12-5-6-17-19-12/h5-6,9,11H,1-4,7-8,10H2,(H,17,19)/t11-/m0/s1. The Balaban J connectivity index is 1.61. The number of carbonyl (C=O) groups excluding carboxylic acids is 1. The Labute approximate surface area is 133 Å². The number of rotatable bonds is 2. The summed E-state index contributed by atoms with van der Waals surface area (Å²) < 4.78 is 2.18. The molecule has 0 aliphatic carbocycles. The molecule has 2 aromatic heterocycles. The highest BCUT2D eigenvalue weighted by Gasteiger charge is 2.29. The third-order valence-electron chi connectivity index (χ3n) is 4.77. The van der Waals surface area contributed by atoms with E-state index in [1.54, 1.807) is 18.3 Å². The summed E-state index contributed by atoms with van der Waals surface area (Å²) in [6, 6.07) is 3.35. The molecule has 0 aromatic carbocycles. The summed E-state index contributed by atoms with van der Waals surface area (Å²) in [5.41, 5.74) is 1.40. The lowest BCUT2D eigenvalue weighted by molar-refractivity contribution is 0.0698. The van der Waals surface area contributed by atoms with E-state index in [-0.39, 0.29) is 17.4 Å². The predicted molar refractivity (Wildman–Crippen MR) is 83.3 cm³/mol. The van der Waals surface area contributed by atoms with Crippen LogP contribution in [0, 0.1) is 0 Å².